The van der Waals surface area contributed by atoms with E-state index in [9.17, 15) is 0 Å². The highest BCUT2D eigenvalue weighted by atomic mass is 127. The van der Waals surface area contributed by atoms with E-state index in [0.717, 1.165) is 62.8 Å². The number of methoxy groups -OCH3 is 2. The Labute approximate surface area is 191 Å². The normalized spacial score (nSPS) is 18.5. The van der Waals surface area contributed by atoms with Crippen molar-refractivity contribution in [3.63, 3.8) is 0 Å². The number of hydrogen-bond acceptors (Lipinski definition) is 5. The monoisotopic (exact) mass is 518 g/mol. The van der Waals surface area contributed by atoms with E-state index in [-0.39, 0.29) is 30.0 Å². The van der Waals surface area contributed by atoms with E-state index in [4.69, 9.17) is 19.2 Å². The molecular formula is C21H35IN4O3. The van der Waals surface area contributed by atoms with Gasteiger partial charge in [-0.05, 0) is 43.4 Å². The van der Waals surface area contributed by atoms with Gasteiger partial charge in [0.15, 0.2) is 17.5 Å². The predicted molar refractivity (Wildman–Crippen MR) is 127 cm³/mol. The van der Waals surface area contributed by atoms with Crippen molar-refractivity contribution in [1.82, 2.24) is 15.5 Å². The Morgan fingerprint density at radius 3 is 2.52 bits per heavy atom. The number of morpholine rings is 1. The van der Waals surface area contributed by atoms with E-state index >= 15 is 0 Å². The highest BCUT2D eigenvalue weighted by Crippen LogP contribution is 2.32. The Kier molecular flexibility index (Phi) is 10.3. The van der Waals surface area contributed by atoms with Crippen molar-refractivity contribution in [2.24, 2.45) is 10.9 Å². The van der Waals surface area contributed by atoms with Crippen molar-refractivity contribution in [3.05, 3.63) is 23.8 Å². The van der Waals surface area contributed by atoms with E-state index in [1.165, 1.54) is 18.4 Å². The van der Waals surface area contributed by atoms with E-state index in [0.29, 0.717) is 6.54 Å². The fourth-order valence-electron chi connectivity index (χ4n) is 3.46. The molecule has 0 aromatic heterocycles. The maximum atomic E-state index is 5.56. The minimum Gasteiger partial charge on any atom is -0.493 e. The van der Waals surface area contributed by atoms with Gasteiger partial charge in [0, 0.05) is 26.2 Å². The fraction of sp³-hybridized carbons (Fsp3) is 0.667. The number of ether oxygens (including phenoxy) is 3. The fourth-order valence-corrected chi connectivity index (χ4v) is 3.46. The molecule has 2 N–H and O–H groups in total. The maximum Gasteiger partial charge on any atom is 0.191 e. The van der Waals surface area contributed by atoms with Gasteiger partial charge in [-0.3, -0.25) is 9.89 Å². The molecule has 1 aliphatic carbocycles. The van der Waals surface area contributed by atoms with Crippen LogP contribution < -0.4 is 20.1 Å². The van der Waals surface area contributed by atoms with E-state index in [2.05, 4.69) is 34.6 Å². The van der Waals surface area contributed by atoms with E-state index < -0.39 is 0 Å². The summed E-state index contributed by atoms with van der Waals surface area (Å²) >= 11 is 0. The number of halogens is 1. The summed E-state index contributed by atoms with van der Waals surface area (Å²) in [7, 11) is 3.34. The molecule has 3 rings (SSSR count). The van der Waals surface area contributed by atoms with Gasteiger partial charge in [0.1, 0.15) is 0 Å². The predicted octanol–water partition coefficient (Wildman–Crippen LogP) is 2.66. The summed E-state index contributed by atoms with van der Waals surface area (Å²) in [6.45, 7) is 7.96. The molecule has 2 fully saturated rings. The molecule has 1 saturated heterocycles. The summed E-state index contributed by atoms with van der Waals surface area (Å²) in [6, 6.07) is 6.32. The van der Waals surface area contributed by atoms with Crippen LogP contribution in [-0.4, -0.2) is 71.0 Å². The van der Waals surface area contributed by atoms with Gasteiger partial charge in [-0.15, -0.1) is 24.0 Å². The molecule has 7 nitrogen and oxygen atoms in total. The lowest BCUT2D eigenvalue weighted by Crippen LogP contribution is -2.42. The van der Waals surface area contributed by atoms with Crippen LogP contribution in [0.5, 0.6) is 11.5 Å². The molecule has 1 aromatic carbocycles. The molecule has 1 atom stereocenters. The van der Waals surface area contributed by atoms with Crippen LogP contribution in [0.3, 0.4) is 0 Å². The first-order valence-electron chi connectivity index (χ1n) is 10.3. The Hall–Kier alpha value is -1.26. The van der Waals surface area contributed by atoms with E-state index in [1.54, 1.807) is 14.2 Å². The average Bonchev–Trinajstić information content (AvgIpc) is 3.57. The summed E-state index contributed by atoms with van der Waals surface area (Å²) in [5.41, 5.74) is 1.18. The Morgan fingerprint density at radius 2 is 1.90 bits per heavy atom. The number of benzene rings is 1. The SMILES string of the molecule is CCNC(=NCC(c1ccc(OC)c(OC)c1)N1CCOCC1)NCC1CC1.I. The van der Waals surface area contributed by atoms with Gasteiger partial charge >= 0.3 is 0 Å². The van der Waals surface area contributed by atoms with Gasteiger partial charge in [-0.25, -0.2) is 0 Å². The minimum absolute atomic E-state index is 0. The zero-order chi connectivity index (χ0) is 19.8. The molecule has 0 spiro atoms. The maximum absolute atomic E-state index is 5.56. The van der Waals surface area contributed by atoms with Crippen LogP contribution in [0.1, 0.15) is 31.4 Å². The average molecular weight is 518 g/mol. The van der Waals surface area contributed by atoms with Crippen LogP contribution in [0.15, 0.2) is 23.2 Å². The topological polar surface area (TPSA) is 67.4 Å². The molecule has 8 heteroatoms. The summed E-state index contributed by atoms with van der Waals surface area (Å²) in [5.74, 6) is 3.20. The van der Waals surface area contributed by atoms with Crippen molar-refractivity contribution in [1.29, 1.82) is 0 Å². The first-order chi connectivity index (χ1) is 13.7. The summed E-state index contributed by atoms with van der Waals surface area (Å²) in [5, 5.41) is 6.85. The van der Waals surface area contributed by atoms with Crippen molar-refractivity contribution >= 4 is 29.9 Å². The third-order valence-electron chi connectivity index (χ3n) is 5.30. The molecule has 1 heterocycles. The van der Waals surface area contributed by atoms with Crippen LogP contribution in [-0.2, 0) is 4.74 Å². The molecule has 1 aromatic rings. The van der Waals surface area contributed by atoms with Gasteiger partial charge in [0.2, 0.25) is 0 Å². The quantitative estimate of drug-likeness (QED) is 0.298. The number of hydrogen-bond donors (Lipinski definition) is 2. The van der Waals surface area contributed by atoms with Gasteiger partial charge in [0.25, 0.3) is 0 Å². The van der Waals surface area contributed by atoms with Crippen molar-refractivity contribution < 1.29 is 14.2 Å². The van der Waals surface area contributed by atoms with Crippen LogP contribution in [0.2, 0.25) is 0 Å². The van der Waals surface area contributed by atoms with Gasteiger partial charge in [-0.1, -0.05) is 6.07 Å². The molecule has 0 radical (unpaired) electrons. The van der Waals surface area contributed by atoms with Gasteiger partial charge < -0.3 is 24.8 Å². The molecule has 29 heavy (non-hydrogen) atoms. The number of guanidine groups is 1. The van der Waals surface area contributed by atoms with Gasteiger partial charge in [-0.2, -0.15) is 0 Å². The highest BCUT2D eigenvalue weighted by Gasteiger charge is 2.24. The zero-order valence-corrected chi connectivity index (χ0v) is 20.1. The highest BCUT2D eigenvalue weighted by molar-refractivity contribution is 14.0. The minimum atomic E-state index is 0. The third kappa shape index (κ3) is 7.18. The second-order valence-corrected chi connectivity index (χ2v) is 7.32. The summed E-state index contributed by atoms with van der Waals surface area (Å²) < 4.78 is 16.5. The van der Waals surface area contributed by atoms with Crippen LogP contribution in [0.4, 0.5) is 0 Å². The molecule has 1 saturated carbocycles. The van der Waals surface area contributed by atoms with Crippen molar-refractivity contribution in [3.8, 4) is 11.5 Å². The van der Waals surface area contributed by atoms with E-state index in [1.807, 2.05) is 6.07 Å². The number of aliphatic imine (C=N–C) groups is 1. The Balaban J connectivity index is 0.00000300. The number of nitrogens with one attached hydrogen (secondary N) is 2. The first kappa shape index (κ1) is 24.0. The molecule has 0 amide bonds. The lowest BCUT2D eigenvalue weighted by atomic mass is 10.0. The van der Waals surface area contributed by atoms with Crippen LogP contribution >= 0.6 is 24.0 Å². The summed E-state index contributed by atoms with van der Waals surface area (Å²) in [4.78, 5) is 7.35. The largest absolute Gasteiger partial charge is 0.493 e. The molecule has 2 aliphatic rings. The number of rotatable bonds is 9. The smallest absolute Gasteiger partial charge is 0.191 e. The zero-order valence-electron chi connectivity index (χ0n) is 17.8. The lowest BCUT2D eigenvalue weighted by Gasteiger charge is -2.34. The Morgan fingerprint density at radius 1 is 1.17 bits per heavy atom. The second kappa shape index (κ2) is 12.4. The van der Waals surface area contributed by atoms with Crippen molar-refractivity contribution in [2.45, 2.75) is 25.8 Å². The summed E-state index contributed by atoms with van der Waals surface area (Å²) in [6.07, 6.45) is 2.66. The molecule has 1 aliphatic heterocycles. The van der Waals surface area contributed by atoms with Crippen molar-refractivity contribution in [2.75, 3.05) is 60.2 Å². The Bertz CT molecular complexity index is 649. The molecular weight excluding hydrogens is 483 g/mol. The first-order valence-corrected chi connectivity index (χ1v) is 10.3. The molecule has 1 unspecified atom stereocenters. The third-order valence-corrected chi connectivity index (χ3v) is 5.30. The molecule has 0 bridgehead atoms. The lowest BCUT2D eigenvalue weighted by molar-refractivity contribution is 0.0179. The standard InChI is InChI=1S/C21H34N4O3.HI/c1-4-22-21(23-14-16-5-6-16)24-15-18(25-9-11-28-12-10-25)17-7-8-19(26-2)20(13-17)27-3;/h7-8,13,16,18H,4-6,9-12,14-15H2,1-3H3,(H2,22,23,24);1H. The second-order valence-electron chi connectivity index (χ2n) is 7.32. The number of nitrogens with zero attached hydrogens (tertiary/aromatic N) is 2. The van der Waals surface area contributed by atoms with Gasteiger partial charge in [0.05, 0.1) is 40.0 Å². The van der Waals surface area contributed by atoms with Crippen LogP contribution in [0, 0.1) is 5.92 Å². The molecule has 164 valence electrons. The van der Waals surface area contributed by atoms with Crippen LogP contribution in [0.25, 0.3) is 0 Å².